The zero-order valence-electron chi connectivity index (χ0n) is 19.3. The van der Waals surface area contributed by atoms with Crippen molar-refractivity contribution < 1.29 is 0 Å². The molecule has 3 heteroatoms. The van der Waals surface area contributed by atoms with Gasteiger partial charge in [-0.1, -0.05) is 109 Å². The van der Waals surface area contributed by atoms with Crippen molar-refractivity contribution in [3.05, 3.63) is 163 Å². The number of imidazole rings is 1. The van der Waals surface area contributed by atoms with E-state index in [0.29, 0.717) is 0 Å². The van der Waals surface area contributed by atoms with E-state index in [1.807, 2.05) is 24.5 Å². The number of fused-ring (bicyclic) bond motifs is 1. The Kier molecular flexibility index (Phi) is 5.36. The van der Waals surface area contributed by atoms with Gasteiger partial charge in [0.25, 0.3) is 0 Å². The molecule has 0 aliphatic carbocycles. The number of nitrogens with one attached hydrogen (secondary N) is 1. The van der Waals surface area contributed by atoms with Crippen molar-refractivity contribution in [2.75, 3.05) is 5.32 Å². The first-order valence-electron chi connectivity index (χ1n) is 11.8. The van der Waals surface area contributed by atoms with E-state index in [1.165, 1.54) is 16.7 Å². The van der Waals surface area contributed by atoms with Gasteiger partial charge in [0.15, 0.2) is 0 Å². The van der Waals surface area contributed by atoms with E-state index < -0.39 is 5.54 Å². The van der Waals surface area contributed by atoms with Gasteiger partial charge in [-0.05, 0) is 47.0 Å². The van der Waals surface area contributed by atoms with Crippen molar-refractivity contribution in [1.82, 2.24) is 9.55 Å². The van der Waals surface area contributed by atoms with Crippen LogP contribution in [-0.2, 0) is 5.54 Å². The predicted octanol–water partition coefficient (Wildman–Crippen LogP) is 7.62. The van der Waals surface area contributed by atoms with Crippen LogP contribution < -0.4 is 5.32 Å². The second-order valence-electron chi connectivity index (χ2n) is 8.62. The second-order valence-corrected chi connectivity index (χ2v) is 8.62. The van der Waals surface area contributed by atoms with E-state index in [9.17, 15) is 0 Å². The molecule has 0 saturated carbocycles. The third-order valence-corrected chi connectivity index (χ3v) is 6.55. The molecule has 0 bridgehead atoms. The Morgan fingerprint density at radius 2 is 1.00 bits per heavy atom. The van der Waals surface area contributed by atoms with E-state index in [4.69, 9.17) is 4.98 Å². The second kappa shape index (κ2) is 8.96. The molecule has 0 amide bonds. The van der Waals surface area contributed by atoms with Crippen LogP contribution in [0.5, 0.6) is 0 Å². The summed E-state index contributed by atoms with van der Waals surface area (Å²) in [6.45, 7) is 0. The summed E-state index contributed by atoms with van der Waals surface area (Å²) in [5.41, 5.74) is 7.05. The van der Waals surface area contributed by atoms with Crippen LogP contribution in [0.15, 0.2) is 146 Å². The molecule has 3 nitrogen and oxygen atoms in total. The Bertz CT molecular complexity index is 1440. The number of hydrogen-bond acceptors (Lipinski definition) is 2. The average molecular weight is 452 g/mol. The van der Waals surface area contributed by atoms with Crippen molar-refractivity contribution in [3.63, 3.8) is 0 Å². The molecule has 1 aromatic heterocycles. The van der Waals surface area contributed by atoms with Crippen molar-refractivity contribution >= 4 is 22.4 Å². The molecular weight excluding hydrogens is 426 g/mol. The number of para-hydroxylation sites is 1. The lowest BCUT2D eigenvalue weighted by Crippen LogP contribution is -2.37. The molecule has 0 radical (unpaired) electrons. The number of hydrogen-bond donors (Lipinski definition) is 1. The molecule has 5 aromatic carbocycles. The predicted molar refractivity (Wildman–Crippen MR) is 144 cm³/mol. The quantitative estimate of drug-likeness (QED) is 0.264. The van der Waals surface area contributed by atoms with E-state index in [-0.39, 0.29) is 0 Å². The van der Waals surface area contributed by atoms with Crippen LogP contribution in [0.1, 0.15) is 16.7 Å². The van der Waals surface area contributed by atoms with Crippen molar-refractivity contribution in [3.8, 4) is 0 Å². The lowest BCUT2D eigenvalue weighted by molar-refractivity contribution is 0.529. The lowest BCUT2D eigenvalue weighted by Gasteiger charge is -2.38. The van der Waals surface area contributed by atoms with Crippen LogP contribution in [0, 0.1) is 0 Å². The Morgan fingerprint density at radius 1 is 0.514 bits per heavy atom. The molecular formula is C32H25N3. The summed E-state index contributed by atoms with van der Waals surface area (Å²) in [7, 11) is 0. The van der Waals surface area contributed by atoms with E-state index >= 15 is 0 Å². The minimum Gasteiger partial charge on any atom is -0.355 e. The molecule has 1 heterocycles. The van der Waals surface area contributed by atoms with Gasteiger partial charge in [-0.2, -0.15) is 0 Å². The summed E-state index contributed by atoms with van der Waals surface area (Å²) in [5.74, 6) is 0. The van der Waals surface area contributed by atoms with Gasteiger partial charge in [0.05, 0.1) is 17.4 Å². The van der Waals surface area contributed by atoms with Crippen LogP contribution in [0.3, 0.4) is 0 Å². The maximum Gasteiger partial charge on any atom is 0.122 e. The zero-order valence-corrected chi connectivity index (χ0v) is 19.3. The third-order valence-electron chi connectivity index (χ3n) is 6.55. The highest BCUT2D eigenvalue weighted by Gasteiger charge is 2.39. The van der Waals surface area contributed by atoms with E-state index in [1.54, 1.807) is 0 Å². The number of nitrogens with zero attached hydrogens (tertiary/aromatic N) is 2. The highest BCUT2D eigenvalue weighted by atomic mass is 15.1. The SMILES string of the molecule is c1ccc(Nc2ccc3c(c2)ncn3C(c2ccccc2)(c2ccccc2)c2ccccc2)cc1. The molecule has 6 rings (SSSR count). The standard InChI is InChI=1S/C32H25N3/c1-5-13-25(14-6-1)32(26-15-7-2-8-16-26,27-17-9-3-10-18-27)35-24-33-30-23-29(21-22-31(30)35)34-28-19-11-4-12-20-28/h1-24,34H. The fourth-order valence-corrected chi connectivity index (χ4v) is 5.00. The summed E-state index contributed by atoms with van der Waals surface area (Å²) < 4.78 is 2.31. The minimum absolute atomic E-state index is 0.576. The summed E-state index contributed by atoms with van der Waals surface area (Å²) in [5, 5.41) is 3.49. The lowest BCUT2D eigenvalue weighted by atomic mass is 9.76. The minimum atomic E-state index is -0.576. The van der Waals surface area contributed by atoms with Crippen molar-refractivity contribution in [1.29, 1.82) is 0 Å². The third kappa shape index (κ3) is 3.68. The monoisotopic (exact) mass is 451 g/mol. The van der Waals surface area contributed by atoms with Gasteiger partial charge < -0.3 is 9.88 Å². The molecule has 168 valence electrons. The molecule has 0 fully saturated rings. The summed E-state index contributed by atoms with van der Waals surface area (Å²) in [6, 6.07) is 48.7. The van der Waals surface area contributed by atoms with Gasteiger partial charge in [-0.3, -0.25) is 0 Å². The van der Waals surface area contributed by atoms with Crippen molar-refractivity contribution in [2.24, 2.45) is 0 Å². The largest absolute Gasteiger partial charge is 0.355 e. The first kappa shape index (κ1) is 20.9. The Hall–Kier alpha value is -4.63. The number of rotatable bonds is 6. The maximum atomic E-state index is 4.89. The van der Waals surface area contributed by atoms with Gasteiger partial charge in [-0.15, -0.1) is 0 Å². The Balaban J connectivity index is 1.60. The normalized spacial score (nSPS) is 11.4. The molecule has 1 N–H and O–H groups in total. The molecule has 6 aromatic rings. The molecule has 0 atom stereocenters. The average Bonchev–Trinajstić information content (AvgIpc) is 3.35. The van der Waals surface area contributed by atoms with Crippen LogP contribution in [0.4, 0.5) is 11.4 Å². The molecule has 0 aliphatic rings. The smallest absolute Gasteiger partial charge is 0.122 e. The maximum absolute atomic E-state index is 4.89. The fourth-order valence-electron chi connectivity index (χ4n) is 5.00. The van der Waals surface area contributed by atoms with Crippen LogP contribution in [-0.4, -0.2) is 9.55 Å². The highest BCUT2D eigenvalue weighted by molar-refractivity contribution is 5.82. The summed E-state index contributed by atoms with van der Waals surface area (Å²) >= 11 is 0. The van der Waals surface area contributed by atoms with Crippen molar-refractivity contribution in [2.45, 2.75) is 5.54 Å². The van der Waals surface area contributed by atoms with Crippen LogP contribution in [0.25, 0.3) is 11.0 Å². The Morgan fingerprint density at radius 3 is 1.51 bits per heavy atom. The topological polar surface area (TPSA) is 29.9 Å². The zero-order chi connectivity index (χ0) is 23.5. The molecule has 0 spiro atoms. The Labute approximate surface area is 205 Å². The highest BCUT2D eigenvalue weighted by Crippen LogP contribution is 2.42. The van der Waals surface area contributed by atoms with E-state index in [2.05, 4.69) is 131 Å². The fraction of sp³-hybridized carbons (Fsp3) is 0.0312. The van der Waals surface area contributed by atoms with Gasteiger partial charge >= 0.3 is 0 Å². The van der Waals surface area contributed by atoms with Crippen LogP contribution in [0.2, 0.25) is 0 Å². The van der Waals surface area contributed by atoms with Gasteiger partial charge in [-0.25, -0.2) is 4.98 Å². The molecule has 0 aliphatic heterocycles. The summed E-state index contributed by atoms with van der Waals surface area (Å²) in [4.78, 5) is 4.89. The molecule has 35 heavy (non-hydrogen) atoms. The number of anilines is 2. The number of aromatic nitrogens is 2. The summed E-state index contributed by atoms with van der Waals surface area (Å²) in [6.07, 6.45) is 1.98. The first-order chi connectivity index (χ1) is 17.4. The van der Waals surface area contributed by atoms with E-state index in [0.717, 1.165) is 22.4 Å². The van der Waals surface area contributed by atoms with Gasteiger partial charge in [0, 0.05) is 11.4 Å². The van der Waals surface area contributed by atoms with Gasteiger partial charge in [0.1, 0.15) is 5.54 Å². The molecule has 0 saturated heterocycles. The van der Waals surface area contributed by atoms with Gasteiger partial charge in [0.2, 0.25) is 0 Å². The molecule has 0 unspecified atom stereocenters. The van der Waals surface area contributed by atoms with Crippen LogP contribution >= 0.6 is 0 Å². The first-order valence-corrected chi connectivity index (χ1v) is 11.8. The number of benzene rings is 5.